The molecule has 3 aromatic rings. The average molecular weight is 465 g/mol. The molecule has 0 radical (unpaired) electrons. The van der Waals surface area contributed by atoms with Gasteiger partial charge in [0, 0.05) is 11.4 Å². The number of carbonyl (C=O) groups excluding carboxylic acids is 3. The summed E-state index contributed by atoms with van der Waals surface area (Å²) in [6, 6.07) is 11.0. The second kappa shape index (κ2) is 10.8. The summed E-state index contributed by atoms with van der Waals surface area (Å²) in [5.41, 5.74) is 7.95. The van der Waals surface area contributed by atoms with E-state index >= 15 is 0 Å². The summed E-state index contributed by atoms with van der Waals surface area (Å²) in [5, 5.41) is 6.02. The van der Waals surface area contributed by atoms with Crippen molar-refractivity contribution < 1.29 is 28.6 Å². The molecule has 0 saturated heterocycles. The van der Waals surface area contributed by atoms with Gasteiger partial charge < -0.3 is 30.6 Å². The minimum atomic E-state index is -0.631. The SMILES string of the molecule is CCOC(=O)c1cccc(Nc2ncnc(Nc3cc(C(=O)OC)cc(C(=O)OC)c3)c2N)c1. The third-order valence-electron chi connectivity index (χ3n) is 4.56. The summed E-state index contributed by atoms with van der Waals surface area (Å²) < 4.78 is 14.5. The van der Waals surface area contributed by atoms with Gasteiger partial charge in [-0.2, -0.15) is 0 Å². The van der Waals surface area contributed by atoms with Gasteiger partial charge >= 0.3 is 17.9 Å². The lowest BCUT2D eigenvalue weighted by Crippen LogP contribution is -2.09. The molecule has 0 unspecified atom stereocenters. The molecule has 0 aliphatic heterocycles. The van der Waals surface area contributed by atoms with E-state index in [0.717, 1.165) is 0 Å². The monoisotopic (exact) mass is 465 g/mol. The van der Waals surface area contributed by atoms with Gasteiger partial charge in [-0.15, -0.1) is 0 Å². The Labute approximate surface area is 195 Å². The Kier molecular flexibility index (Phi) is 7.60. The molecule has 0 aliphatic carbocycles. The molecule has 2 aromatic carbocycles. The number of carbonyl (C=O) groups is 3. The smallest absolute Gasteiger partial charge is 0.338 e. The fourth-order valence-corrected chi connectivity index (χ4v) is 2.98. The average Bonchev–Trinajstić information content (AvgIpc) is 2.85. The van der Waals surface area contributed by atoms with Crippen LogP contribution in [0.5, 0.6) is 0 Å². The van der Waals surface area contributed by atoms with Crippen LogP contribution in [-0.4, -0.2) is 48.7 Å². The number of nitrogens with one attached hydrogen (secondary N) is 2. The standard InChI is InChI=1S/C23H23N5O6/c1-4-34-23(31)13-6-5-7-16(9-13)27-19-18(24)20(26-12-25-19)28-17-10-14(21(29)32-2)8-15(11-17)22(30)33-3/h5-12H,4,24H2,1-3H3,(H2,25,26,27,28). The highest BCUT2D eigenvalue weighted by Crippen LogP contribution is 2.29. The van der Waals surface area contributed by atoms with Crippen LogP contribution < -0.4 is 16.4 Å². The van der Waals surface area contributed by atoms with E-state index < -0.39 is 17.9 Å². The highest BCUT2D eigenvalue weighted by Gasteiger charge is 2.16. The number of nitrogens with two attached hydrogens (primary N) is 1. The molecule has 34 heavy (non-hydrogen) atoms. The first-order valence-corrected chi connectivity index (χ1v) is 10.1. The Balaban J connectivity index is 1.90. The van der Waals surface area contributed by atoms with E-state index in [-0.39, 0.29) is 35.1 Å². The lowest BCUT2D eigenvalue weighted by Gasteiger charge is -2.14. The van der Waals surface area contributed by atoms with E-state index in [4.69, 9.17) is 19.9 Å². The molecular formula is C23H23N5O6. The van der Waals surface area contributed by atoms with Crippen molar-refractivity contribution in [1.29, 1.82) is 0 Å². The van der Waals surface area contributed by atoms with Crippen molar-refractivity contribution in [3.63, 3.8) is 0 Å². The molecule has 176 valence electrons. The molecule has 0 spiro atoms. The van der Waals surface area contributed by atoms with Crippen LogP contribution in [0.4, 0.5) is 28.7 Å². The fourth-order valence-electron chi connectivity index (χ4n) is 2.98. The number of anilines is 5. The van der Waals surface area contributed by atoms with E-state index in [1.807, 2.05) is 0 Å². The van der Waals surface area contributed by atoms with Crippen molar-refractivity contribution in [3.8, 4) is 0 Å². The zero-order valence-corrected chi connectivity index (χ0v) is 18.7. The molecule has 0 atom stereocenters. The maximum absolute atomic E-state index is 12.0. The van der Waals surface area contributed by atoms with E-state index in [9.17, 15) is 14.4 Å². The van der Waals surface area contributed by atoms with E-state index in [1.165, 1.54) is 38.7 Å². The molecule has 0 amide bonds. The third kappa shape index (κ3) is 5.57. The molecule has 0 aliphatic rings. The highest BCUT2D eigenvalue weighted by atomic mass is 16.5. The van der Waals surface area contributed by atoms with Crippen LogP contribution in [0.2, 0.25) is 0 Å². The summed E-state index contributed by atoms with van der Waals surface area (Å²) >= 11 is 0. The lowest BCUT2D eigenvalue weighted by molar-refractivity contribution is 0.0524. The summed E-state index contributed by atoms with van der Waals surface area (Å²) in [6.45, 7) is 1.99. The van der Waals surface area contributed by atoms with Crippen molar-refractivity contribution in [2.45, 2.75) is 6.92 Å². The Morgan fingerprint density at radius 2 is 1.38 bits per heavy atom. The van der Waals surface area contributed by atoms with Crippen molar-refractivity contribution >= 4 is 46.6 Å². The zero-order chi connectivity index (χ0) is 24.7. The van der Waals surface area contributed by atoms with Gasteiger partial charge in [-0.1, -0.05) is 6.07 Å². The van der Waals surface area contributed by atoms with E-state index in [1.54, 1.807) is 31.2 Å². The van der Waals surface area contributed by atoms with Gasteiger partial charge in [0.1, 0.15) is 12.0 Å². The number of rotatable bonds is 8. The molecular weight excluding hydrogens is 442 g/mol. The molecule has 3 rings (SSSR count). The molecule has 0 bridgehead atoms. The maximum atomic E-state index is 12.0. The second-order valence-corrected chi connectivity index (χ2v) is 6.82. The topological polar surface area (TPSA) is 155 Å². The zero-order valence-electron chi connectivity index (χ0n) is 18.7. The Hall–Kier alpha value is -4.67. The molecule has 4 N–H and O–H groups in total. The first-order chi connectivity index (χ1) is 16.4. The fraction of sp³-hybridized carbons (Fsp3) is 0.174. The van der Waals surface area contributed by atoms with Gasteiger partial charge in [-0.25, -0.2) is 24.4 Å². The van der Waals surface area contributed by atoms with Crippen LogP contribution in [0.3, 0.4) is 0 Å². The summed E-state index contributed by atoms with van der Waals surface area (Å²) in [4.78, 5) is 44.3. The number of esters is 3. The van der Waals surface area contributed by atoms with Crippen LogP contribution in [0.25, 0.3) is 0 Å². The predicted molar refractivity (Wildman–Crippen MR) is 125 cm³/mol. The number of aromatic nitrogens is 2. The lowest BCUT2D eigenvalue weighted by atomic mass is 10.1. The molecule has 0 saturated carbocycles. The molecule has 0 fully saturated rings. The van der Waals surface area contributed by atoms with Crippen molar-refractivity contribution in [3.05, 3.63) is 65.5 Å². The third-order valence-corrected chi connectivity index (χ3v) is 4.56. The van der Waals surface area contributed by atoms with Crippen LogP contribution in [0.1, 0.15) is 38.0 Å². The quantitative estimate of drug-likeness (QED) is 0.331. The Bertz CT molecular complexity index is 1200. The van der Waals surface area contributed by atoms with Crippen LogP contribution >= 0.6 is 0 Å². The number of methoxy groups -OCH3 is 2. The van der Waals surface area contributed by atoms with Gasteiger partial charge in [0.15, 0.2) is 11.6 Å². The summed E-state index contributed by atoms with van der Waals surface area (Å²) in [7, 11) is 2.47. The normalized spacial score (nSPS) is 10.2. The van der Waals surface area contributed by atoms with Gasteiger partial charge in [0.05, 0.1) is 37.5 Å². The number of hydrogen-bond acceptors (Lipinski definition) is 11. The van der Waals surface area contributed by atoms with Crippen LogP contribution in [0.15, 0.2) is 48.8 Å². The first-order valence-electron chi connectivity index (χ1n) is 10.1. The van der Waals surface area contributed by atoms with Crippen molar-refractivity contribution in [2.75, 3.05) is 37.2 Å². The largest absolute Gasteiger partial charge is 0.465 e. The number of nitrogen functional groups attached to an aromatic ring is 1. The van der Waals surface area contributed by atoms with Gasteiger partial charge in [0.25, 0.3) is 0 Å². The number of ether oxygens (including phenoxy) is 3. The summed E-state index contributed by atoms with van der Waals surface area (Å²) in [5.74, 6) is -1.22. The number of nitrogens with zero attached hydrogens (tertiary/aromatic N) is 2. The second-order valence-electron chi connectivity index (χ2n) is 6.82. The van der Waals surface area contributed by atoms with Crippen molar-refractivity contribution in [2.24, 2.45) is 0 Å². The van der Waals surface area contributed by atoms with E-state index in [2.05, 4.69) is 20.6 Å². The number of hydrogen-bond donors (Lipinski definition) is 3. The van der Waals surface area contributed by atoms with Gasteiger partial charge in [0.2, 0.25) is 0 Å². The molecule has 1 heterocycles. The minimum Gasteiger partial charge on any atom is -0.465 e. The first kappa shape index (κ1) is 24.0. The number of benzene rings is 2. The summed E-state index contributed by atoms with van der Waals surface area (Å²) in [6.07, 6.45) is 1.28. The van der Waals surface area contributed by atoms with Gasteiger partial charge in [-0.3, -0.25) is 0 Å². The molecule has 1 aromatic heterocycles. The minimum absolute atomic E-state index is 0.134. The van der Waals surface area contributed by atoms with E-state index in [0.29, 0.717) is 16.9 Å². The van der Waals surface area contributed by atoms with Crippen LogP contribution in [-0.2, 0) is 14.2 Å². The Morgan fingerprint density at radius 1 is 0.824 bits per heavy atom. The highest BCUT2D eigenvalue weighted by molar-refractivity contribution is 5.97. The maximum Gasteiger partial charge on any atom is 0.338 e. The van der Waals surface area contributed by atoms with Crippen LogP contribution in [0, 0.1) is 0 Å². The molecule has 11 heteroatoms. The molecule has 11 nitrogen and oxygen atoms in total. The Morgan fingerprint density at radius 3 is 1.94 bits per heavy atom. The van der Waals surface area contributed by atoms with Crippen molar-refractivity contribution in [1.82, 2.24) is 9.97 Å². The predicted octanol–water partition coefficient (Wildman–Crippen LogP) is 3.30. The van der Waals surface area contributed by atoms with Gasteiger partial charge in [-0.05, 0) is 43.3 Å².